The van der Waals surface area contributed by atoms with E-state index in [9.17, 15) is 34.5 Å². The molecule has 11 heteroatoms. The molecule has 160 valence electrons. The number of aliphatic hydroxyl groups is 1. The van der Waals surface area contributed by atoms with Crippen LogP contribution in [0.15, 0.2) is 24.3 Å². The smallest absolute Gasteiger partial charge is 0.326 e. The SMILES string of the molecule is CC(O)C(NC(=O)C(N)CCC(N)=O)C(=O)NC(Cc1ccc(O)cc1)C(=O)O. The number of rotatable bonds is 11. The Bertz CT molecular complexity index is 736. The number of carboxylic acid groups (broad SMARTS) is 1. The number of phenols is 1. The highest BCUT2D eigenvalue weighted by atomic mass is 16.4. The van der Waals surface area contributed by atoms with Crippen molar-refractivity contribution in [1.82, 2.24) is 10.6 Å². The number of carbonyl (C=O) groups is 4. The second-order valence-corrected chi connectivity index (χ2v) is 6.61. The first-order valence-electron chi connectivity index (χ1n) is 8.84. The Morgan fingerprint density at radius 2 is 1.66 bits per heavy atom. The lowest BCUT2D eigenvalue weighted by atomic mass is 10.0. The molecule has 0 bridgehead atoms. The van der Waals surface area contributed by atoms with Gasteiger partial charge in [-0.25, -0.2) is 4.79 Å². The van der Waals surface area contributed by atoms with Crippen LogP contribution in [0, 0.1) is 0 Å². The minimum Gasteiger partial charge on any atom is -0.508 e. The Hall–Kier alpha value is -3.18. The lowest BCUT2D eigenvalue weighted by Crippen LogP contribution is -2.58. The lowest BCUT2D eigenvalue weighted by molar-refractivity contribution is -0.142. The van der Waals surface area contributed by atoms with Gasteiger partial charge in [-0.05, 0) is 31.0 Å². The fraction of sp³-hybridized carbons (Fsp3) is 0.444. The molecule has 0 fully saturated rings. The van der Waals surface area contributed by atoms with Crippen LogP contribution in [0.3, 0.4) is 0 Å². The summed E-state index contributed by atoms with van der Waals surface area (Å²) < 4.78 is 0. The van der Waals surface area contributed by atoms with Crippen molar-refractivity contribution < 1.29 is 34.5 Å². The molecule has 1 rings (SSSR count). The molecule has 0 aliphatic rings. The van der Waals surface area contributed by atoms with Gasteiger partial charge in [-0.15, -0.1) is 0 Å². The summed E-state index contributed by atoms with van der Waals surface area (Å²) >= 11 is 0. The van der Waals surface area contributed by atoms with Crippen molar-refractivity contribution >= 4 is 23.7 Å². The molecule has 4 atom stereocenters. The Morgan fingerprint density at radius 3 is 2.14 bits per heavy atom. The Labute approximate surface area is 167 Å². The van der Waals surface area contributed by atoms with Crippen molar-refractivity contribution in [3.05, 3.63) is 29.8 Å². The number of carboxylic acids is 1. The summed E-state index contributed by atoms with van der Waals surface area (Å²) in [5.74, 6) is -3.66. The van der Waals surface area contributed by atoms with Gasteiger partial charge in [-0.1, -0.05) is 12.1 Å². The van der Waals surface area contributed by atoms with E-state index in [0.717, 1.165) is 0 Å². The molecule has 0 spiro atoms. The molecule has 0 heterocycles. The Morgan fingerprint density at radius 1 is 1.07 bits per heavy atom. The zero-order chi connectivity index (χ0) is 22.1. The zero-order valence-corrected chi connectivity index (χ0v) is 15.9. The summed E-state index contributed by atoms with van der Waals surface area (Å²) in [6, 6.07) is 1.83. The summed E-state index contributed by atoms with van der Waals surface area (Å²) in [6.07, 6.45) is -1.60. The molecule has 0 aliphatic heterocycles. The number of benzene rings is 1. The molecule has 0 aromatic heterocycles. The fourth-order valence-corrected chi connectivity index (χ4v) is 2.42. The molecule has 0 saturated heterocycles. The number of aliphatic hydroxyl groups excluding tert-OH is 1. The summed E-state index contributed by atoms with van der Waals surface area (Å²) in [5, 5.41) is 33.0. The Balaban J connectivity index is 2.80. The number of carbonyl (C=O) groups excluding carboxylic acids is 3. The monoisotopic (exact) mass is 410 g/mol. The first kappa shape index (κ1) is 23.9. The molecule has 1 aromatic carbocycles. The number of primary amides is 1. The van der Waals surface area contributed by atoms with Gasteiger partial charge in [0.25, 0.3) is 0 Å². The van der Waals surface area contributed by atoms with Gasteiger partial charge in [0.1, 0.15) is 17.8 Å². The minimum absolute atomic E-state index is 0.00853. The van der Waals surface area contributed by atoms with Gasteiger partial charge in [0.2, 0.25) is 17.7 Å². The molecule has 29 heavy (non-hydrogen) atoms. The van der Waals surface area contributed by atoms with E-state index >= 15 is 0 Å². The molecule has 1 aromatic rings. The van der Waals surface area contributed by atoms with Crippen LogP contribution in [0.4, 0.5) is 0 Å². The third-order valence-corrected chi connectivity index (χ3v) is 4.09. The van der Waals surface area contributed by atoms with Crippen molar-refractivity contribution in [3.63, 3.8) is 0 Å². The van der Waals surface area contributed by atoms with Crippen molar-refractivity contribution in [2.75, 3.05) is 0 Å². The highest BCUT2D eigenvalue weighted by Crippen LogP contribution is 2.11. The van der Waals surface area contributed by atoms with E-state index in [4.69, 9.17) is 11.5 Å². The number of nitrogens with one attached hydrogen (secondary N) is 2. The predicted molar refractivity (Wildman–Crippen MR) is 101 cm³/mol. The number of hydrogen-bond donors (Lipinski definition) is 7. The minimum atomic E-state index is -1.45. The topological polar surface area (TPSA) is 205 Å². The maximum Gasteiger partial charge on any atom is 0.326 e. The fourth-order valence-electron chi connectivity index (χ4n) is 2.42. The lowest BCUT2D eigenvalue weighted by Gasteiger charge is -2.24. The average molecular weight is 410 g/mol. The largest absolute Gasteiger partial charge is 0.508 e. The first-order chi connectivity index (χ1) is 13.5. The van der Waals surface area contributed by atoms with E-state index in [2.05, 4.69) is 10.6 Å². The van der Waals surface area contributed by atoms with E-state index in [0.29, 0.717) is 5.56 Å². The second kappa shape index (κ2) is 11.0. The van der Waals surface area contributed by atoms with Gasteiger partial charge in [-0.3, -0.25) is 14.4 Å². The quantitative estimate of drug-likeness (QED) is 0.216. The van der Waals surface area contributed by atoms with Crippen molar-refractivity contribution in [3.8, 4) is 5.75 Å². The number of aromatic hydroxyl groups is 1. The van der Waals surface area contributed by atoms with E-state index in [1.54, 1.807) is 0 Å². The van der Waals surface area contributed by atoms with Crippen LogP contribution in [-0.4, -0.2) is 63.2 Å². The first-order valence-corrected chi connectivity index (χ1v) is 8.84. The van der Waals surface area contributed by atoms with Crippen LogP contribution in [0.25, 0.3) is 0 Å². The molecule has 9 N–H and O–H groups in total. The van der Waals surface area contributed by atoms with Gasteiger partial charge < -0.3 is 37.4 Å². The molecular weight excluding hydrogens is 384 g/mol. The van der Waals surface area contributed by atoms with E-state index in [1.807, 2.05) is 0 Å². The van der Waals surface area contributed by atoms with Crippen LogP contribution in [0.1, 0.15) is 25.3 Å². The molecule has 3 amide bonds. The third-order valence-electron chi connectivity index (χ3n) is 4.09. The molecule has 0 aliphatic carbocycles. The van der Waals surface area contributed by atoms with Gasteiger partial charge in [-0.2, -0.15) is 0 Å². The summed E-state index contributed by atoms with van der Waals surface area (Å²) in [6.45, 7) is 1.25. The number of hydrogen-bond acceptors (Lipinski definition) is 7. The number of phenolic OH excluding ortho intramolecular Hbond substituents is 1. The maximum atomic E-state index is 12.5. The van der Waals surface area contributed by atoms with E-state index in [1.165, 1.54) is 31.2 Å². The molecule has 0 radical (unpaired) electrons. The molecule has 11 nitrogen and oxygen atoms in total. The van der Waals surface area contributed by atoms with Crippen LogP contribution in [0.5, 0.6) is 5.75 Å². The predicted octanol–water partition coefficient (Wildman–Crippen LogP) is -2.04. The number of amides is 3. The van der Waals surface area contributed by atoms with Gasteiger partial charge >= 0.3 is 5.97 Å². The summed E-state index contributed by atoms with van der Waals surface area (Å²) in [7, 11) is 0. The summed E-state index contributed by atoms with van der Waals surface area (Å²) in [5.41, 5.74) is 11.2. The molecule has 4 unspecified atom stereocenters. The maximum absolute atomic E-state index is 12.5. The van der Waals surface area contributed by atoms with E-state index < -0.39 is 47.9 Å². The summed E-state index contributed by atoms with van der Waals surface area (Å²) in [4.78, 5) is 46.8. The highest BCUT2D eigenvalue weighted by molar-refractivity contribution is 5.92. The average Bonchev–Trinajstić information content (AvgIpc) is 2.64. The Kier molecular flexibility index (Phi) is 9.03. The van der Waals surface area contributed by atoms with Crippen LogP contribution in [-0.2, 0) is 25.6 Å². The van der Waals surface area contributed by atoms with E-state index in [-0.39, 0.29) is 25.0 Å². The van der Waals surface area contributed by atoms with Crippen molar-refractivity contribution in [1.29, 1.82) is 0 Å². The van der Waals surface area contributed by atoms with Crippen molar-refractivity contribution in [2.45, 2.75) is 50.4 Å². The van der Waals surface area contributed by atoms with Crippen LogP contribution >= 0.6 is 0 Å². The number of aliphatic carboxylic acids is 1. The van der Waals surface area contributed by atoms with Gasteiger partial charge in [0.15, 0.2) is 0 Å². The van der Waals surface area contributed by atoms with Crippen LogP contribution < -0.4 is 22.1 Å². The molecule has 0 saturated carbocycles. The molecular formula is C18H26N4O7. The normalized spacial score (nSPS) is 14.9. The zero-order valence-electron chi connectivity index (χ0n) is 15.9. The standard InChI is InChI=1S/C18H26N4O7/c1-9(23)15(22-16(26)12(19)6-7-14(20)25)17(27)21-13(18(28)29)8-10-2-4-11(24)5-3-10/h2-5,9,12-13,15,23-24H,6-8,19H2,1H3,(H2,20,25)(H,21,27)(H,22,26)(H,28,29). The van der Waals surface area contributed by atoms with Gasteiger partial charge in [0, 0.05) is 12.8 Å². The third kappa shape index (κ3) is 8.15. The second-order valence-electron chi connectivity index (χ2n) is 6.61. The number of nitrogens with two attached hydrogens (primary N) is 2. The van der Waals surface area contributed by atoms with Gasteiger partial charge in [0.05, 0.1) is 12.1 Å². The highest BCUT2D eigenvalue weighted by Gasteiger charge is 2.31. The van der Waals surface area contributed by atoms with Crippen molar-refractivity contribution in [2.24, 2.45) is 11.5 Å². The van der Waals surface area contributed by atoms with Crippen LogP contribution in [0.2, 0.25) is 0 Å².